The molecular weight excluding hydrogens is 228 g/mol. The van der Waals surface area contributed by atoms with Crippen molar-refractivity contribution in [3.05, 3.63) is 0 Å². The number of aliphatic carboxylic acids is 1. The van der Waals surface area contributed by atoms with Gasteiger partial charge in [0.15, 0.2) is 0 Å². The third kappa shape index (κ3) is 3.69. The molecule has 0 bridgehead atoms. The van der Waals surface area contributed by atoms with E-state index in [2.05, 4.69) is 17.1 Å². The second kappa shape index (κ2) is 6.53. The maximum absolute atomic E-state index is 10.8. The third-order valence-electron chi connectivity index (χ3n) is 4.48. The van der Waals surface area contributed by atoms with Crippen molar-refractivity contribution in [2.75, 3.05) is 13.1 Å². The van der Waals surface area contributed by atoms with Gasteiger partial charge in [-0.1, -0.05) is 12.8 Å². The lowest BCUT2D eigenvalue weighted by molar-refractivity contribution is -0.137. The van der Waals surface area contributed by atoms with Gasteiger partial charge in [-0.05, 0) is 32.6 Å². The zero-order valence-electron chi connectivity index (χ0n) is 11.4. The van der Waals surface area contributed by atoms with Crippen LogP contribution in [0.15, 0.2) is 0 Å². The van der Waals surface area contributed by atoms with E-state index in [1.54, 1.807) is 0 Å². The first-order chi connectivity index (χ1) is 8.66. The van der Waals surface area contributed by atoms with Crippen molar-refractivity contribution in [1.29, 1.82) is 0 Å². The van der Waals surface area contributed by atoms with Crippen molar-refractivity contribution in [3.8, 4) is 0 Å². The van der Waals surface area contributed by atoms with Gasteiger partial charge < -0.3 is 10.4 Å². The number of nitrogens with zero attached hydrogens (tertiary/aromatic N) is 1. The van der Waals surface area contributed by atoms with Gasteiger partial charge in [0.05, 0.1) is 0 Å². The van der Waals surface area contributed by atoms with Crippen LogP contribution in [0.1, 0.15) is 51.9 Å². The molecule has 4 nitrogen and oxygen atoms in total. The smallest absolute Gasteiger partial charge is 0.303 e. The topological polar surface area (TPSA) is 52.6 Å². The van der Waals surface area contributed by atoms with E-state index >= 15 is 0 Å². The van der Waals surface area contributed by atoms with Crippen molar-refractivity contribution >= 4 is 5.97 Å². The highest BCUT2D eigenvalue weighted by Crippen LogP contribution is 2.27. The van der Waals surface area contributed by atoms with Crippen LogP contribution in [0.25, 0.3) is 0 Å². The zero-order valence-corrected chi connectivity index (χ0v) is 11.4. The van der Waals surface area contributed by atoms with E-state index in [0.717, 1.165) is 19.5 Å². The molecule has 0 aromatic carbocycles. The van der Waals surface area contributed by atoms with Crippen LogP contribution >= 0.6 is 0 Å². The predicted octanol–water partition coefficient (Wildman–Crippen LogP) is 1.85. The number of hydrogen-bond acceptors (Lipinski definition) is 3. The minimum atomic E-state index is -0.668. The van der Waals surface area contributed by atoms with E-state index < -0.39 is 5.97 Å². The molecule has 1 heterocycles. The Balaban J connectivity index is 1.97. The van der Waals surface area contributed by atoms with Gasteiger partial charge in [-0.3, -0.25) is 9.69 Å². The Morgan fingerprint density at radius 1 is 1.33 bits per heavy atom. The Morgan fingerprint density at radius 3 is 2.72 bits per heavy atom. The van der Waals surface area contributed by atoms with Crippen molar-refractivity contribution in [2.24, 2.45) is 0 Å². The highest BCUT2D eigenvalue weighted by molar-refractivity contribution is 5.66. The summed E-state index contributed by atoms with van der Waals surface area (Å²) in [6, 6.07) is 1.67. The van der Waals surface area contributed by atoms with E-state index in [1.807, 2.05) is 0 Å². The molecular formula is C14H26N2O2. The molecule has 2 fully saturated rings. The fourth-order valence-corrected chi connectivity index (χ4v) is 3.36. The summed E-state index contributed by atoms with van der Waals surface area (Å²) in [4.78, 5) is 13.4. The lowest BCUT2D eigenvalue weighted by atomic mass is 10.1. The maximum atomic E-state index is 10.8. The van der Waals surface area contributed by atoms with Crippen molar-refractivity contribution in [3.63, 3.8) is 0 Å². The minimum absolute atomic E-state index is 0.296. The molecule has 0 aromatic heterocycles. The number of hydrogen-bond donors (Lipinski definition) is 2. The van der Waals surface area contributed by atoms with E-state index in [1.165, 1.54) is 32.1 Å². The molecule has 0 radical (unpaired) electrons. The second-order valence-electron chi connectivity index (χ2n) is 5.86. The fourth-order valence-electron chi connectivity index (χ4n) is 3.36. The Hall–Kier alpha value is -0.610. The van der Waals surface area contributed by atoms with Crippen LogP contribution in [0.2, 0.25) is 0 Å². The molecule has 0 aromatic rings. The molecule has 2 atom stereocenters. The normalized spacial score (nSPS) is 31.4. The molecule has 4 heteroatoms. The first-order valence-corrected chi connectivity index (χ1v) is 7.37. The predicted molar refractivity (Wildman–Crippen MR) is 71.7 cm³/mol. The average Bonchev–Trinajstić information content (AvgIpc) is 2.78. The monoisotopic (exact) mass is 254 g/mol. The quantitative estimate of drug-likeness (QED) is 0.804. The van der Waals surface area contributed by atoms with Crippen LogP contribution in [-0.4, -0.2) is 47.2 Å². The van der Waals surface area contributed by atoms with Gasteiger partial charge >= 0.3 is 5.97 Å². The van der Waals surface area contributed by atoms with Crippen molar-refractivity contribution in [2.45, 2.75) is 70.0 Å². The number of carboxylic acids is 1. The molecule has 0 amide bonds. The summed E-state index contributed by atoms with van der Waals surface area (Å²) < 4.78 is 0. The lowest BCUT2D eigenvalue weighted by Gasteiger charge is -2.34. The van der Waals surface area contributed by atoms with Gasteiger partial charge in [0.25, 0.3) is 0 Å². The van der Waals surface area contributed by atoms with Crippen LogP contribution in [0, 0.1) is 0 Å². The van der Waals surface area contributed by atoms with Gasteiger partial charge in [0.2, 0.25) is 0 Å². The van der Waals surface area contributed by atoms with Gasteiger partial charge in [-0.25, -0.2) is 0 Å². The number of carbonyl (C=O) groups is 1. The highest BCUT2D eigenvalue weighted by atomic mass is 16.4. The van der Waals surface area contributed by atoms with Crippen LogP contribution < -0.4 is 5.32 Å². The second-order valence-corrected chi connectivity index (χ2v) is 5.86. The zero-order chi connectivity index (χ0) is 13.0. The summed E-state index contributed by atoms with van der Waals surface area (Å²) in [7, 11) is 0. The molecule has 104 valence electrons. The van der Waals surface area contributed by atoms with E-state index in [4.69, 9.17) is 5.11 Å². The molecule has 0 spiro atoms. The standard InChI is InChI=1S/C14H26N2O2/c1-11-8-9-16(12-4-2-3-5-12)13(10-15-11)6-7-14(17)18/h11-13,15H,2-10H2,1H3,(H,17,18). The summed E-state index contributed by atoms with van der Waals surface area (Å²) in [5.41, 5.74) is 0. The molecule has 2 aliphatic rings. The Morgan fingerprint density at radius 2 is 2.06 bits per heavy atom. The first-order valence-electron chi connectivity index (χ1n) is 7.37. The Kier molecular flexibility index (Phi) is 5.01. The van der Waals surface area contributed by atoms with Crippen LogP contribution in [0.4, 0.5) is 0 Å². The summed E-state index contributed by atoms with van der Waals surface area (Å²) in [5, 5.41) is 12.4. The number of carboxylic acid groups (broad SMARTS) is 1. The molecule has 1 aliphatic carbocycles. The van der Waals surface area contributed by atoms with E-state index in [0.29, 0.717) is 24.5 Å². The van der Waals surface area contributed by atoms with Gasteiger partial charge in [-0.2, -0.15) is 0 Å². The van der Waals surface area contributed by atoms with Crippen LogP contribution in [0.5, 0.6) is 0 Å². The average molecular weight is 254 g/mol. The summed E-state index contributed by atoms with van der Waals surface area (Å²) in [6.07, 6.45) is 7.55. The SMILES string of the molecule is CC1CCN(C2CCCC2)C(CCC(=O)O)CN1. The van der Waals surface area contributed by atoms with E-state index in [-0.39, 0.29) is 0 Å². The molecule has 1 saturated carbocycles. The number of rotatable bonds is 4. The molecule has 1 aliphatic heterocycles. The lowest BCUT2D eigenvalue weighted by Crippen LogP contribution is -2.45. The maximum Gasteiger partial charge on any atom is 0.303 e. The molecule has 2 N–H and O–H groups in total. The molecule has 18 heavy (non-hydrogen) atoms. The Labute approximate surface area is 110 Å². The van der Waals surface area contributed by atoms with Gasteiger partial charge in [-0.15, -0.1) is 0 Å². The Bertz CT molecular complexity index is 277. The minimum Gasteiger partial charge on any atom is -0.481 e. The van der Waals surface area contributed by atoms with Gasteiger partial charge in [0.1, 0.15) is 0 Å². The van der Waals surface area contributed by atoms with Crippen molar-refractivity contribution < 1.29 is 9.90 Å². The molecule has 2 rings (SSSR count). The third-order valence-corrected chi connectivity index (χ3v) is 4.48. The van der Waals surface area contributed by atoms with Crippen molar-refractivity contribution in [1.82, 2.24) is 10.2 Å². The summed E-state index contributed by atoms with van der Waals surface area (Å²) in [5.74, 6) is -0.668. The fraction of sp³-hybridized carbons (Fsp3) is 0.929. The summed E-state index contributed by atoms with van der Waals surface area (Å²) >= 11 is 0. The number of nitrogens with one attached hydrogen (secondary N) is 1. The van der Waals surface area contributed by atoms with E-state index in [9.17, 15) is 4.79 Å². The van der Waals surface area contributed by atoms with Crippen LogP contribution in [0.3, 0.4) is 0 Å². The first kappa shape index (κ1) is 13.8. The molecule has 2 unspecified atom stereocenters. The molecule has 1 saturated heterocycles. The highest BCUT2D eigenvalue weighted by Gasteiger charge is 2.30. The largest absolute Gasteiger partial charge is 0.481 e. The summed E-state index contributed by atoms with van der Waals surface area (Å²) in [6.45, 7) is 4.31. The van der Waals surface area contributed by atoms with Crippen LogP contribution in [-0.2, 0) is 4.79 Å². The van der Waals surface area contributed by atoms with Gasteiger partial charge in [0, 0.05) is 37.6 Å².